The third-order valence-electron chi connectivity index (χ3n) is 3.33. The minimum atomic E-state index is 0.596. The van der Waals surface area contributed by atoms with Gasteiger partial charge in [0.1, 0.15) is 0 Å². The second-order valence-corrected chi connectivity index (χ2v) is 5.47. The summed E-state index contributed by atoms with van der Waals surface area (Å²) in [4.78, 5) is 0.596. The molecule has 1 aromatic carbocycles. The van der Waals surface area contributed by atoms with E-state index in [1.165, 1.54) is 24.0 Å². The van der Waals surface area contributed by atoms with Crippen molar-refractivity contribution in [2.24, 2.45) is 5.92 Å². The fourth-order valence-corrected chi connectivity index (χ4v) is 3.04. The van der Waals surface area contributed by atoms with Crippen LogP contribution in [0.4, 0.5) is 0 Å². The van der Waals surface area contributed by atoms with Crippen LogP contribution >= 0.6 is 15.9 Å². The standard InChI is InChI=1S/C14H19Br/c1-3-10-5-6-11(4-2)13(9-10)14(15)12-7-8-12/h5-6,9,12,14H,3-4,7-8H2,1-2H3. The largest absolute Gasteiger partial charge is 0.0836 e. The van der Waals surface area contributed by atoms with Gasteiger partial charge in [-0.2, -0.15) is 0 Å². The van der Waals surface area contributed by atoms with Crippen molar-refractivity contribution in [1.29, 1.82) is 0 Å². The third kappa shape index (κ3) is 2.44. The van der Waals surface area contributed by atoms with E-state index in [-0.39, 0.29) is 0 Å². The van der Waals surface area contributed by atoms with Crippen LogP contribution in [0.3, 0.4) is 0 Å². The van der Waals surface area contributed by atoms with E-state index in [1.807, 2.05) is 0 Å². The van der Waals surface area contributed by atoms with Crippen LogP contribution in [-0.2, 0) is 12.8 Å². The van der Waals surface area contributed by atoms with Crippen molar-refractivity contribution >= 4 is 15.9 Å². The summed E-state index contributed by atoms with van der Waals surface area (Å²) in [6.45, 7) is 4.47. The van der Waals surface area contributed by atoms with Gasteiger partial charge in [-0.1, -0.05) is 48.0 Å². The second-order valence-electron chi connectivity index (χ2n) is 4.48. The van der Waals surface area contributed by atoms with Crippen molar-refractivity contribution in [1.82, 2.24) is 0 Å². The molecule has 0 nitrogen and oxygen atoms in total. The van der Waals surface area contributed by atoms with E-state index in [0.717, 1.165) is 18.8 Å². The van der Waals surface area contributed by atoms with Crippen LogP contribution in [0.1, 0.15) is 48.2 Å². The number of benzene rings is 1. The average molecular weight is 267 g/mol. The smallest absolute Gasteiger partial charge is 0.0426 e. The summed E-state index contributed by atoms with van der Waals surface area (Å²) >= 11 is 3.87. The number of hydrogen-bond acceptors (Lipinski definition) is 0. The molecule has 1 heteroatoms. The Morgan fingerprint density at radius 2 is 2.00 bits per heavy atom. The minimum Gasteiger partial charge on any atom is -0.0836 e. The monoisotopic (exact) mass is 266 g/mol. The second kappa shape index (κ2) is 4.69. The predicted octanol–water partition coefficient (Wildman–Crippen LogP) is 4.66. The first-order valence-electron chi connectivity index (χ1n) is 6.02. The molecule has 1 atom stereocenters. The lowest BCUT2D eigenvalue weighted by atomic mass is 9.97. The Morgan fingerprint density at radius 3 is 2.53 bits per heavy atom. The van der Waals surface area contributed by atoms with Gasteiger partial charge in [-0.15, -0.1) is 0 Å². The SMILES string of the molecule is CCc1ccc(CC)c(C(Br)C2CC2)c1. The number of hydrogen-bond donors (Lipinski definition) is 0. The Morgan fingerprint density at radius 1 is 1.27 bits per heavy atom. The Kier molecular flexibility index (Phi) is 3.50. The topological polar surface area (TPSA) is 0 Å². The van der Waals surface area contributed by atoms with E-state index >= 15 is 0 Å². The first-order valence-corrected chi connectivity index (χ1v) is 6.93. The van der Waals surface area contributed by atoms with Crippen LogP contribution in [0, 0.1) is 5.92 Å². The van der Waals surface area contributed by atoms with Gasteiger partial charge < -0.3 is 0 Å². The normalized spacial score (nSPS) is 17.8. The fraction of sp³-hybridized carbons (Fsp3) is 0.571. The first-order chi connectivity index (χ1) is 7.26. The van der Waals surface area contributed by atoms with Crippen LogP contribution in [-0.4, -0.2) is 0 Å². The van der Waals surface area contributed by atoms with Gasteiger partial charge in [0.15, 0.2) is 0 Å². The molecule has 0 bridgehead atoms. The minimum absolute atomic E-state index is 0.596. The molecule has 0 radical (unpaired) electrons. The first kappa shape index (κ1) is 11.2. The predicted molar refractivity (Wildman–Crippen MR) is 69.6 cm³/mol. The summed E-state index contributed by atoms with van der Waals surface area (Å²) in [6, 6.07) is 6.98. The van der Waals surface area contributed by atoms with Crippen LogP contribution in [0.5, 0.6) is 0 Å². The molecule has 0 amide bonds. The molecule has 0 spiro atoms. The highest BCUT2D eigenvalue weighted by molar-refractivity contribution is 9.09. The molecule has 0 aliphatic heterocycles. The Hall–Kier alpha value is -0.300. The van der Waals surface area contributed by atoms with Gasteiger partial charge in [0, 0.05) is 4.83 Å². The van der Waals surface area contributed by atoms with E-state index in [2.05, 4.69) is 48.0 Å². The van der Waals surface area contributed by atoms with Gasteiger partial charge in [0.2, 0.25) is 0 Å². The Bertz CT molecular complexity index is 339. The molecule has 82 valence electrons. The summed E-state index contributed by atoms with van der Waals surface area (Å²) in [5, 5.41) is 0. The molecular weight excluding hydrogens is 248 g/mol. The molecule has 0 N–H and O–H groups in total. The van der Waals surface area contributed by atoms with Gasteiger partial charge >= 0.3 is 0 Å². The van der Waals surface area contributed by atoms with Crippen molar-refractivity contribution in [2.75, 3.05) is 0 Å². The summed E-state index contributed by atoms with van der Waals surface area (Å²) in [6.07, 6.45) is 5.08. The van der Waals surface area contributed by atoms with Crippen molar-refractivity contribution in [3.63, 3.8) is 0 Å². The summed E-state index contributed by atoms with van der Waals surface area (Å²) in [7, 11) is 0. The lowest BCUT2D eigenvalue weighted by Gasteiger charge is -2.15. The lowest BCUT2D eigenvalue weighted by Crippen LogP contribution is -1.99. The molecule has 15 heavy (non-hydrogen) atoms. The van der Waals surface area contributed by atoms with E-state index in [9.17, 15) is 0 Å². The summed E-state index contributed by atoms with van der Waals surface area (Å²) in [5.74, 6) is 0.891. The molecule has 1 aliphatic carbocycles. The van der Waals surface area contributed by atoms with Crippen LogP contribution in [0.15, 0.2) is 18.2 Å². The number of aryl methyl sites for hydroxylation is 2. The maximum absolute atomic E-state index is 3.87. The van der Waals surface area contributed by atoms with E-state index in [0.29, 0.717) is 4.83 Å². The van der Waals surface area contributed by atoms with E-state index in [1.54, 1.807) is 5.56 Å². The van der Waals surface area contributed by atoms with E-state index in [4.69, 9.17) is 0 Å². The zero-order valence-electron chi connectivity index (χ0n) is 9.59. The molecule has 0 aromatic heterocycles. The quantitative estimate of drug-likeness (QED) is 0.696. The fourth-order valence-electron chi connectivity index (χ4n) is 2.09. The zero-order valence-corrected chi connectivity index (χ0v) is 11.2. The van der Waals surface area contributed by atoms with Gasteiger partial charge in [-0.05, 0) is 48.3 Å². The summed E-state index contributed by atoms with van der Waals surface area (Å²) < 4.78 is 0. The molecule has 2 rings (SSSR count). The maximum Gasteiger partial charge on any atom is 0.0426 e. The van der Waals surface area contributed by atoms with E-state index < -0.39 is 0 Å². The number of alkyl halides is 1. The highest BCUT2D eigenvalue weighted by atomic mass is 79.9. The van der Waals surface area contributed by atoms with Crippen molar-refractivity contribution in [3.8, 4) is 0 Å². The highest BCUT2D eigenvalue weighted by Gasteiger charge is 2.31. The van der Waals surface area contributed by atoms with Gasteiger partial charge in [-0.3, -0.25) is 0 Å². The van der Waals surface area contributed by atoms with Crippen LogP contribution in [0.25, 0.3) is 0 Å². The molecular formula is C14H19Br. The Balaban J connectivity index is 2.31. The van der Waals surface area contributed by atoms with Gasteiger partial charge in [-0.25, -0.2) is 0 Å². The van der Waals surface area contributed by atoms with Crippen molar-refractivity contribution in [2.45, 2.75) is 44.4 Å². The van der Waals surface area contributed by atoms with Crippen LogP contribution in [0.2, 0.25) is 0 Å². The number of halogens is 1. The van der Waals surface area contributed by atoms with Gasteiger partial charge in [0.25, 0.3) is 0 Å². The molecule has 0 heterocycles. The van der Waals surface area contributed by atoms with Crippen molar-refractivity contribution < 1.29 is 0 Å². The summed E-state index contributed by atoms with van der Waals surface area (Å²) in [5.41, 5.74) is 4.52. The maximum atomic E-state index is 3.87. The average Bonchev–Trinajstić information content (AvgIpc) is 3.11. The third-order valence-corrected chi connectivity index (χ3v) is 4.57. The highest BCUT2D eigenvalue weighted by Crippen LogP contribution is 2.47. The van der Waals surface area contributed by atoms with Crippen LogP contribution < -0.4 is 0 Å². The number of rotatable bonds is 4. The molecule has 1 fully saturated rings. The molecule has 1 aromatic rings. The zero-order chi connectivity index (χ0) is 10.8. The molecule has 1 aliphatic rings. The van der Waals surface area contributed by atoms with Crippen molar-refractivity contribution in [3.05, 3.63) is 34.9 Å². The molecule has 1 saturated carbocycles. The van der Waals surface area contributed by atoms with Gasteiger partial charge in [0.05, 0.1) is 0 Å². The molecule has 1 unspecified atom stereocenters. The molecule has 0 saturated heterocycles. The Labute approximate surface area is 101 Å². The lowest BCUT2D eigenvalue weighted by molar-refractivity contribution is 0.807.